The van der Waals surface area contributed by atoms with Crippen molar-refractivity contribution in [3.8, 4) is 5.75 Å². The maximum atomic E-state index is 11.2. The van der Waals surface area contributed by atoms with Crippen molar-refractivity contribution in [3.63, 3.8) is 0 Å². The largest absolute Gasteiger partial charge is 0.481 e. The zero-order valence-electron chi connectivity index (χ0n) is 11.1. The topological polar surface area (TPSA) is 59.4 Å². The fourth-order valence-corrected chi connectivity index (χ4v) is 5.03. The highest BCUT2D eigenvalue weighted by molar-refractivity contribution is 7.99. The standard InChI is InChI=1S/C15H13NO3S2/c17-15(18)8-5-6-12-13(8)16-14(21-12)10-7-20-11-4-2-1-3-9(11)19-10/h1-4,8,10H,5-7H2,(H,17,18). The van der Waals surface area contributed by atoms with E-state index >= 15 is 0 Å². The highest BCUT2D eigenvalue weighted by Gasteiger charge is 2.34. The summed E-state index contributed by atoms with van der Waals surface area (Å²) in [5.74, 6) is 0.508. The second-order valence-electron chi connectivity index (χ2n) is 5.15. The van der Waals surface area contributed by atoms with Crippen molar-refractivity contribution in [3.05, 3.63) is 39.8 Å². The van der Waals surface area contributed by atoms with E-state index in [1.165, 1.54) is 0 Å². The Morgan fingerprint density at radius 2 is 2.24 bits per heavy atom. The number of fused-ring (bicyclic) bond motifs is 2. The van der Waals surface area contributed by atoms with E-state index < -0.39 is 11.9 Å². The number of para-hydroxylation sites is 1. The van der Waals surface area contributed by atoms with Crippen LogP contribution >= 0.6 is 23.1 Å². The molecule has 0 radical (unpaired) electrons. The summed E-state index contributed by atoms with van der Waals surface area (Å²) >= 11 is 3.38. The third kappa shape index (κ3) is 2.22. The normalized spacial score (nSPS) is 23.2. The van der Waals surface area contributed by atoms with Crippen LogP contribution in [0.1, 0.15) is 34.0 Å². The van der Waals surface area contributed by atoms with Gasteiger partial charge in [-0.1, -0.05) is 12.1 Å². The first-order valence-electron chi connectivity index (χ1n) is 6.83. The van der Waals surface area contributed by atoms with Crippen molar-refractivity contribution < 1.29 is 14.6 Å². The minimum atomic E-state index is -0.769. The minimum absolute atomic E-state index is 0.0741. The molecule has 1 N–H and O–H groups in total. The summed E-state index contributed by atoms with van der Waals surface area (Å²) in [5, 5.41) is 10.1. The molecule has 1 aliphatic heterocycles. The third-order valence-electron chi connectivity index (χ3n) is 3.82. The molecule has 2 aliphatic rings. The van der Waals surface area contributed by atoms with E-state index in [1.807, 2.05) is 18.2 Å². The number of hydrogen-bond acceptors (Lipinski definition) is 5. The van der Waals surface area contributed by atoms with Crippen LogP contribution in [0.3, 0.4) is 0 Å². The van der Waals surface area contributed by atoms with Crippen molar-refractivity contribution in [1.82, 2.24) is 4.98 Å². The van der Waals surface area contributed by atoms with E-state index in [-0.39, 0.29) is 6.10 Å². The molecule has 4 nitrogen and oxygen atoms in total. The molecule has 0 saturated carbocycles. The monoisotopic (exact) mass is 319 g/mol. The van der Waals surface area contributed by atoms with E-state index in [9.17, 15) is 9.90 Å². The molecule has 0 saturated heterocycles. The third-order valence-corrected chi connectivity index (χ3v) is 6.16. The lowest BCUT2D eigenvalue weighted by Gasteiger charge is -2.24. The van der Waals surface area contributed by atoms with Crippen molar-refractivity contribution in [2.75, 3.05) is 5.75 Å². The molecule has 6 heteroatoms. The van der Waals surface area contributed by atoms with Gasteiger partial charge >= 0.3 is 5.97 Å². The number of thiazole rings is 1. The van der Waals surface area contributed by atoms with Crippen LogP contribution < -0.4 is 4.74 Å². The smallest absolute Gasteiger partial charge is 0.312 e. The number of hydrogen-bond donors (Lipinski definition) is 1. The maximum Gasteiger partial charge on any atom is 0.312 e. The second kappa shape index (κ2) is 5.03. The van der Waals surface area contributed by atoms with E-state index in [0.717, 1.165) is 38.4 Å². The van der Waals surface area contributed by atoms with Gasteiger partial charge in [0.2, 0.25) is 0 Å². The Labute approximate surface area is 130 Å². The SMILES string of the molecule is O=C(O)C1CCc2sc(C3CSc4ccccc4O3)nc21. The highest BCUT2D eigenvalue weighted by Crippen LogP contribution is 2.44. The number of ether oxygens (including phenoxy) is 1. The van der Waals surface area contributed by atoms with Gasteiger partial charge in [0.05, 0.1) is 5.69 Å². The van der Waals surface area contributed by atoms with Crippen LogP contribution in [0.2, 0.25) is 0 Å². The second-order valence-corrected chi connectivity index (χ2v) is 7.33. The number of thioether (sulfide) groups is 1. The molecule has 2 heterocycles. The van der Waals surface area contributed by atoms with Crippen LogP contribution in [-0.4, -0.2) is 21.8 Å². The summed E-state index contributed by atoms with van der Waals surface area (Å²) in [6.07, 6.45) is 1.42. The van der Waals surface area contributed by atoms with Gasteiger partial charge in [0.25, 0.3) is 0 Å². The molecular formula is C15H13NO3S2. The summed E-state index contributed by atoms with van der Waals surface area (Å²) in [6, 6.07) is 7.99. The van der Waals surface area contributed by atoms with E-state index in [1.54, 1.807) is 23.1 Å². The first-order chi connectivity index (χ1) is 10.2. The summed E-state index contributed by atoms with van der Waals surface area (Å²) in [7, 11) is 0. The Morgan fingerprint density at radius 3 is 3.10 bits per heavy atom. The van der Waals surface area contributed by atoms with E-state index in [4.69, 9.17) is 4.74 Å². The van der Waals surface area contributed by atoms with Crippen LogP contribution in [0.5, 0.6) is 5.75 Å². The number of nitrogens with zero attached hydrogens (tertiary/aromatic N) is 1. The van der Waals surface area contributed by atoms with Crippen LogP contribution in [0, 0.1) is 0 Å². The molecule has 1 aromatic carbocycles. The van der Waals surface area contributed by atoms with Crippen molar-refractivity contribution in [2.45, 2.75) is 29.8 Å². The lowest BCUT2D eigenvalue weighted by atomic mass is 10.1. The lowest BCUT2D eigenvalue weighted by molar-refractivity contribution is -0.138. The predicted octanol–water partition coefficient (Wildman–Crippen LogP) is 3.48. The number of carboxylic acids is 1. The van der Waals surface area contributed by atoms with Crippen molar-refractivity contribution >= 4 is 29.1 Å². The van der Waals surface area contributed by atoms with Crippen LogP contribution in [0.25, 0.3) is 0 Å². The van der Waals surface area contributed by atoms with Crippen molar-refractivity contribution in [2.24, 2.45) is 0 Å². The lowest BCUT2D eigenvalue weighted by Crippen LogP contribution is -2.15. The van der Waals surface area contributed by atoms with Crippen LogP contribution in [0.15, 0.2) is 29.2 Å². The number of carboxylic acid groups (broad SMARTS) is 1. The van der Waals surface area contributed by atoms with Crippen LogP contribution in [0.4, 0.5) is 0 Å². The van der Waals surface area contributed by atoms with Gasteiger partial charge in [-0.05, 0) is 25.0 Å². The van der Waals surface area contributed by atoms with E-state index in [2.05, 4.69) is 11.1 Å². The zero-order valence-corrected chi connectivity index (χ0v) is 12.7. The van der Waals surface area contributed by atoms with Crippen LogP contribution in [-0.2, 0) is 11.2 Å². The molecule has 0 amide bonds. The Balaban J connectivity index is 1.62. The average Bonchev–Trinajstić information content (AvgIpc) is 3.06. The van der Waals surface area contributed by atoms with E-state index in [0.29, 0.717) is 6.42 Å². The van der Waals surface area contributed by atoms with Gasteiger partial charge in [-0.25, -0.2) is 4.98 Å². The number of aryl methyl sites for hydroxylation is 1. The minimum Gasteiger partial charge on any atom is -0.481 e. The van der Waals surface area contributed by atoms with Gasteiger partial charge in [-0.2, -0.15) is 0 Å². The van der Waals surface area contributed by atoms with Gasteiger partial charge in [0, 0.05) is 15.5 Å². The molecule has 2 unspecified atom stereocenters. The molecule has 2 aromatic rings. The molecule has 4 rings (SSSR count). The van der Waals surface area contributed by atoms with Gasteiger partial charge in [0.1, 0.15) is 16.7 Å². The van der Waals surface area contributed by atoms with Gasteiger partial charge in [0.15, 0.2) is 6.10 Å². The Bertz CT molecular complexity index is 713. The maximum absolute atomic E-state index is 11.2. The molecule has 108 valence electrons. The number of aromatic nitrogens is 1. The van der Waals surface area contributed by atoms with Crippen molar-refractivity contribution in [1.29, 1.82) is 0 Å². The summed E-state index contributed by atoms with van der Waals surface area (Å²) in [5.41, 5.74) is 0.759. The van der Waals surface area contributed by atoms with Gasteiger partial charge in [-0.15, -0.1) is 23.1 Å². The highest BCUT2D eigenvalue weighted by atomic mass is 32.2. The molecule has 2 atom stereocenters. The molecule has 0 fully saturated rings. The van der Waals surface area contributed by atoms with Gasteiger partial charge in [-0.3, -0.25) is 4.79 Å². The first kappa shape index (κ1) is 13.2. The fourth-order valence-electron chi connectivity index (χ4n) is 2.77. The number of carbonyl (C=O) groups is 1. The molecule has 1 aromatic heterocycles. The first-order valence-corrected chi connectivity index (χ1v) is 8.63. The Kier molecular flexibility index (Phi) is 3.15. The predicted molar refractivity (Wildman–Crippen MR) is 81.3 cm³/mol. The summed E-state index contributed by atoms with van der Waals surface area (Å²) in [4.78, 5) is 18.1. The van der Waals surface area contributed by atoms with Gasteiger partial charge < -0.3 is 9.84 Å². The number of aliphatic carboxylic acids is 1. The average molecular weight is 319 g/mol. The summed E-state index contributed by atoms with van der Waals surface area (Å²) < 4.78 is 6.03. The fraction of sp³-hybridized carbons (Fsp3) is 0.333. The molecular weight excluding hydrogens is 306 g/mol. The number of benzene rings is 1. The molecule has 0 spiro atoms. The zero-order chi connectivity index (χ0) is 14.4. The molecule has 1 aliphatic carbocycles. The Morgan fingerprint density at radius 1 is 1.38 bits per heavy atom. The quantitative estimate of drug-likeness (QED) is 0.918. The Hall–Kier alpha value is -1.53. The molecule has 0 bridgehead atoms. The number of rotatable bonds is 2. The summed E-state index contributed by atoms with van der Waals surface area (Å²) in [6.45, 7) is 0. The molecule has 21 heavy (non-hydrogen) atoms.